The van der Waals surface area contributed by atoms with Gasteiger partial charge in [0.2, 0.25) is 0 Å². The van der Waals surface area contributed by atoms with Crippen LogP contribution < -0.4 is 0 Å². The first-order valence-corrected chi connectivity index (χ1v) is 6.13. The van der Waals surface area contributed by atoms with E-state index in [-0.39, 0.29) is 19.2 Å². The Kier molecular flexibility index (Phi) is 4.56. The van der Waals surface area contributed by atoms with Crippen molar-refractivity contribution in [2.75, 3.05) is 26.7 Å². The van der Waals surface area contributed by atoms with Gasteiger partial charge in [0.15, 0.2) is 0 Å². The fourth-order valence-electron chi connectivity index (χ4n) is 1.56. The number of rotatable bonds is 6. The van der Waals surface area contributed by atoms with Gasteiger partial charge in [-0.1, -0.05) is 0 Å². The molecule has 0 aromatic heterocycles. The summed E-state index contributed by atoms with van der Waals surface area (Å²) < 4.78 is 0. The summed E-state index contributed by atoms with van der Waals surface area (Å²) in [4.78, 5) is 25.8. The second-order valence-corrected chi connectivity index (χ2v) is 5.53. The van der Waals surface area contributed by atoms with E-state index < -0.39 is 11.5 Å². The minimum absolute atomic E-state index is 0.167. The van der Waals surface area contributed by atoms with Crippen molar-refractivity contribution in [3.8, 4) is 0 Å². The van der Waals surface area contributed by atoms with Gasteiger partial charge in [-0.25, -0.2) is 4.79 Å². The van der Waals surface area contributed by atoms with E-state index in [1.165, 1.54) is 9.80 Å². The first-order valence-electron chi connectivity index (χ1n) is 6.13. The topological polar surface area (TPSA) is 81.1 Å². The zero-order valence-corrected chi connectivity index (χ0v) is 11.2. The predicted molar refractivity (Wildman–Crippen MR) is 66.3 cm³/mol. The molecule has 104 valence electrons. The van der Waals surface area contributed by atoms with Gasteiger partial charge >= 0.3 is 12.0 Å². The number of carbonyl (C=O) groups excluding carboxylic acids is 1. The van der Waals surface area contributed by atoms with E-state index in [9.17, 15) is 14.7 Å². The molecular weight excluding hydrogens is 236 g/mol. The number of carbonyl (C=O) groups is 2. The molecule has 2 amide bonds. The lowest BCUT2D eigenvalue weighted by molar-refractivity contribution is -0.137. The van der Waals surface area contributed by atoms with Crippen LogP contribution in [0, 0.1) is 5.92 Å². The van der Waals surface area contributed by atoms with Crippen LogP contribution in [0.1, 0.15) is 26.7 Å². The van der Waals surface area contributed by atoms with Gasteiger partial charge in [-0.2, -0.15) is 0 Å². The van der Waals surface area contributed by atoms with Crippen LogP contribution in [0.25, 0.3) is 0 Å². The first kappa shape index (κ1) is 14.8. The molecule has 1 rings (SSSR count). The third kappa shape index (κ3) is 3.87. The molecule has 0 atom stereocenters. The Hall–Kier alpha value is -1.30. The Morgan fingerprint density at radius 3 is 2.28 bits per heavy atom. The maximum absolute atomic E-state index is 12.2. The van der Waals surface area contributed by atoms with E-state index in [4.69, 9.17) is 5.11 Å². The van der Waals surface area contributed by atoms with Crippen LogP contribution in [0.15, 0.2) is 0 Å². The number of nitrogens with zero attached hydrogens (tertiary/aromatic N) is 2. The van der Waals surface area contributed by atoms with Crippen LogP contribution in [-0.2, 0) is 4.79 Å². The number of carboxylic acid groups (broad SMARTS) is 1. The molecule has 0 aromatic rings. The summed E-state index contributed by atoms with van der Waals surface area (Å²) >= 11 is 0. The smallest absolute Gasteiger partial charge is 0.323 e. The standard InChI is InChI=1S/C12H22N2O4/c1-12(2,8-15)13(3)11(18)14(7-10(16)17)6-9-4-5-9/h9,15H,4-8H2,1-3H3,(H,16,17). The molecule has 1 aliphatic carbocycles. The third-order valence-corrected chi connectivity index (χ3v) is 3.35. The minimum Gasteiger partial charge on any atom is -0.480 e. The molecule has 0 saturated heterocycles. The summed E-state index contributed by atoms with van der Waals surface area (Å²) in [5, 5.41) is 18.1. The molecule has 0 aromatic carbocycles. The number of aliphatic carboxylic acids is 1. The number of carboxylic acids is 1. The molecule has 1 saturated carbocycles. The van der Waals surface area contributed by atoms with Gasteiger partial charge < -0.3 is 20.0 Å². The maximum atomic E-state index is 12.2. The lowest BCUT2D eigenvalue weighted by Crippen LogP contribution is -2.54. The largest absolute Gasteiger partial charge is 0.480 e. The van der Waals surface area contributed by atoms with Gasteiger partial charge in [-0.15, -0.1) is 0 Å². The number of hydrogen-bond acceptors (Lipinski definition) is 3. The van der Waals surface area contributed by atoms with Crippen LogP contribution in [0.5, 0.6) is 0 Å². The molecular formula is C12H22N2O4. The summed E-state index contributed by atoms with van der Waals surface area (Å²) in [6, 6.07) is -0.344. The van der Waals surface area contributed by atoms with E-state index >= 15 is 0 Å². The third-order valence-electron chi connectivity index (χ3n) is 3.35. The number of aliphatic hydroxyl groups is 1. The zero-order chi connectivity index (χ0) is 13.9. The average Bonchev–Trinajstić information content (AvgIpc) is 3.09. The molecule has 0 bridgehead atoms. The molecule has 0 radical (unpaired) electrons. The van der Waals surface area contributed by atoms with Crippen LogP contribution in [-0.4, -0.2) is 64.3 Å². The van der Waals surface area contributed by atoms with E-state index in [1.54, 1.807) is 20.9 Å². The van der Waals surface area contributed by atoms with Crippen molar-refractivity contribution in [2.45, 2.75) is 32.2 Å². The highest BCUT2D eigenvalue weighted by atomic mass is 16.4. The first-order chi connectivity index (χ1) is 8.27. The highest BCUT2D eigenvalue weighted by molar-refractivity contribution is 5.80. The molecule has 18 heavy (non-hydrogen) atoms. The predicted octanol–water partition coefficient (Wildman–Crippen LogP) is 0.606. The molecule has 0 heterocycles. The number of hydrogen-bond donors (Lipinski definition) is 2. The van der Waals surface area contributed by atoms with Crippen molar-refractivity contribution in [3.63, 3.8) is 0 Å². The molecule has 0 aliphatic heterocycles. The fraction of sp³-hybridized carbons (Fsp3) is 0.833. The monoisotopic (exact) mass is 258 g/mol. The Bertz CT molecular complexity index is 326. The number of amides is 2. The van der Waals surface area contributed by atoms with Crippen molar-refractivity contribution in [2.24, 2.45) is 5.92 Å². The molecule has 0 spiro atoms. The molecule has 0 unspecified atom stereocenters. The zero-order valence-electron chi connectivity index (χ0n) is 11.2. The molecule has 6 heteroatoms. The minimum atomic E-state index is -1.01. The fourth-order valence-corrected chi connectivity index (χ4v) is 1.56. The normalized spacial score (nSPS) is 15.3. The highest BCUT2D eigenvalue weighted by Gasteiger charge is 2.34. The Balaban J connectivity index is 2.70. The van der Waals surface area contributed by atoms with Gasteiger partial charge in [0.25, 0.3) is 0 Å². The van der Waals surface area contributed by atoms with Crippen molar-refractivity contribution in [3.05, 3.63) is 0 Å². The van der Waals surface area contributed by atoms with E-state index in [1.807, 2.05) is 0 Å². The van der Waals surface area contributed by atoms with Crippen molar-refractivity contribution >= 4 is 12.0 Å². The second-order valence-electron chi connectivity index (χ2n) is 5.53. The van der Waals surface area contributed by atoms with Crippen molar-refractivity contribution in [1.29, 1.82) is 0 Å². The van der Waals surface area contributed by atoms with Crippen molar-refractivity contribution in [1.82, 2.24) is 9.80 Å². The summed E-state index contributed by atoms with van der Waals surface area (Å²) in [5.41, 5.74) is -0.697. The maximum Gasteiger partial charge on any atom is 0.323 e. The van der Waals surface area contributed by atoms with Crippen LogP contribution in [0.4, 0.5) is 4.79 Å². The Labute approximate surface area is 107 Å². The quantitative estimate of drug-likeness (QED) is 0.731. The van der Waals surface area contributed by atoms with Crippen LogP contribution in [0.3, 0.4) is 0 Å². The Morgan fingerprint density at radius 2 is 1.89 bits per heavy atom. The van der Waals surface area contributed by atoms with Gasteiger partial charge in [-0.05, 0) is 32.6 Å². The second kappa shape index (κ2) is 5.56. The van der Waals surface area contributed by atoms with Crippen molar-refractivity contribution < 1.29 is 19.8 Å². The summed E-state index contributed by atoms with van der Waals surface area (Å²) in [6.07, 6.45) is 2.10. The molecule has 2 N–H and O–H groups in total. The lowest BCUT2D eigenvalue weighted by atomic mass is 10.1. The average molecular weight is 258 g/mol. The highest BCUT2D eigenvalue weighted by Crippen LogP contribution is 2.30. The van der Waals surface area contributed by atoms with Gasteiger partial charge in [0, 0.05) is 13.6 Å². The SMILES string of the molecule is CN(C(=O)N(CC(=O)O)CC1CC1)C(C)(C)CO. The van der Waals surface area contributed by atoms with E-state index in [0.717, 1.165) is 12.8 Å². The number of aliphatic hydroxyl groups excluding tert-OH is 1. The Morgan fingerprint density at radius 1 is 1.33 bits per heavy atom. The van der Waals surface area contributed by atoms with E-state index in [2.05, 4.69) is 0 Å². The summed E-state index contributed by atoms with van der Waals surface area (Å²) in [6.45, 7) is 3.50. The van der Waals surface area contributed by atoms with E-state index in [0.29, 0.717) is 12.5 Å². The van der Waals surface area contributed by atoms with Gasteiger partial charge in [-0.3, -0.25) is 4.79 Å². The lowest BCUT2D eigenvalue weighted by Gasteiger charge is -2.37. The number of urea groups is 1. The van der Waals surface area contributed by atoms with Crippen LogP contribution in [0.2, 0.25) is 0 Å². The molecule has 1 fully saturated rings. The van der Waals surface area contributed by atoms with Crippen LogP contribution >= 0.6 is 0 Å². The van der Waals surface area contributed by atoms with Gasteiger partial charge in [0.1, 0.15) is 6.54 Å². The summed E-state index contributed by atoms with van der Waals surface area (Å²) in [7, 11) is 1.58. The molecule has 6 nitrogen and oxygen atoms in total. The molecule has 1 aliphatic rings. The number of likely N-dealkylation sites (N-methyl/N-ethyl adjacent to an activating group) is 1. The van der Waals surface area contributed by atoms with Gasteiger partial charge in [0.05, 0.1) is 12.1 Å². The summed E-state index contributed by atoms with van der Waals surface area (Å²) in [5.74, 6) is -0.585.